The molecule has 0 saturated carbocycles. The van der Waals surface area contributed by atoms with Gasteiger partial charge in [-0.2, -0.15) is 0 Å². The number of hydrogen-bond acceptors (Lipinski definition) is 5. The molecule has 0 aliphatic carbocycles. The molecule has 0 aliphatic heterocycles. The summed E-state index contributed by atoms with van der Waals surface area (Å²) in [4.78, 5) is 8.97. The maximum atomic E-state index is 5.02. The maximum absolute atomic E-state index is 5.02. The van der Waals surface area contributed by atoms with E-state index in [4.69, 9.17) is 4.74 Å². The minimum atomic E-state index is 0.764. The average Bonchev–Trinajstić information content (AvgIpc) is 2.35. The summed E-state index contributed by atoms with van der Waals surface area (Å²) in [5, 5.41) is 6.54. The molecule has 0 aromatic carbocycles. The Bertz CT molecular complexity index is 320. The summed E-state index contributed by atoms with van der Waals surface area (Å²) in [7, 11) is 1.72. The van der Waals surface area contributed by atoms with Crippen LogP contribution in [0.4, 0.5) is 11.6 Å². The van der Waals surface area contributed by atoms with Gasteiger partial charge in [-0.3, -0.25) is 0 Å². The van der Waals surface area contributed by atoms with Crippen LogP contribution < -0.4 is 10.6 Å². The van der Waals surface area contributed by atoms with Crippen LogP contribution in [0.15, 0.2) is 6.07 Å². The predicted molar refractivity (Wildman–Crippen MR) is 75.2 cm³/mol. The lowest BCUT2D eigenvalue weighted by Gasteiger charge is -2.10. The molecule has 5 heteroatoms. The van der Waals surface area contributed by atoms with Crippen molar-refractivity contribution in [2.24, 2.45) is 0 Å². The normalized spacial score (nSPS) is 10.4. The molecular formula is C13H24N4O. The number of rotatable bonds is 9. The van der Waals surface area contributed by atoms with Crippen molar-refractivity contribution in [3.63, 3.8) is 0 Å². The smallest absolute Gasteiger partial charge is 0.133 e. The number of ether oxygens (including phenoxy) is 1. The van der Waals surface area contributed by atoms with Crippen LogP contribution in [0.25, 0.3) is 0 Å². The van der Waals surface area contributed by atoms with E-state index in [0.29, 0.717) is 0 Å². The summed E-state index contributed by atoms with van der Waals surface area (Å²) in [6, 6.07) is 1.95. The highest BCUT2D eigenvalue weighted by molar-refractivity contribution is 5.47. The van der Waals surface area contributed by atoms with Gasteiger partial charge in [0.15, 0.2) is 0 Å². The number of aryl methyl sites for hydroxylation is 1. The van der Waals surface area contributed by atoms with E-state index < -0.39 is 0 Å². The van der Waals surface area contributed by atoms with E-state index in [1.54, 1.807) is 7.11 Å². The number of aromatic nitrogens is 2. The van der Waals surface area contributed by atoms with E-state index in [1.807, 2.05) is 6.07 Å². The van der Waals surface area contributed by atoms with Crippen molar-refractivity contribution in [1.29, 1.82) is 0 Å². The van der Waals surface area contributed by atoms with Gasteiger partial charge >= 0.3 is 0 Å². The van der Waals surface area contributed by atoms with Gasteiger partial charge in [0.25, 0.3) is 0 Å². The lowest BCUT2D eigenvalue weighted by atomic mass is 10.3. The highest BCUT2D eigenvalue weighted by Gasteiger charge is 2.03. The summed E-state index contributed by atoms with van der Waals surface area (Å²) in [6.07, 6.45) is 2.94. The van der Waals surface area contributed by atoms with Crippen molar-refractivity contribution in [2.45, 2.75) is 33.1 Å². The van der Waals surface area contributed by atoms with Crippen molar-refractivity contribution in [2.75, 3.05) is 37.4 Å². The van der Waals surface area contributed by atoms with E-state index >= 15 is 0 Å². The molecule has 0 radical (unpaired) electrons. The van der Waals surface area contributed by atoms with Gasteiger partial charge in [-0.25, -0.2) is 9.97 Å². The third-order valence-corrected chi connectivity index (χ3v) is 2.44. The van der Waals surface area contributed by atoms with Crippen LogP contribution in [0.3, 0.4) is 0 Å². The van der Waals surface area contributed by atoms with E-state index in [2.05, 4.69) is 34.4 Å². The lowest BCUT2D eigenvalue weighted by molar-refractivity contribution is 0.198. The molecule has 0 fully saturated rings. The first-order chi connectivity index (χ1) is 8.80. The van der Waals surface area contributed by atoms with Gasteiger partial charge in [0, 0.05) is 39.3 Å². The van der Waals surface area contributed by atoms with Crippen molar-refractivity contribution in [1.82, 2.24) is 9.97 Å². The Balaban J connectivity index is 2.63. The molecular weight excluding hydrogens is 228 g/mol. The molecule has 2 N–H and O–H groups in total. The van der Waals surface area contributed by atoms with Crippen LogP contribution in [0.5, 0.6) is 0 Å². The molecule has 0 bridgehead atoms. The van der Waals surface area contributed by atoms with E-state index in [-0.39, 0.29) is 0 Å². The minimum Gasteiger partial charge on any atom is -0.385 e. The standard InChI is InChI=1S/C13H24N4O/c1-4-7-11-16-12(14-5-2)10-13(17-11)15-8-6-9-18-3/h10H,4-9H2,1-3H3,(H2,14,15,16,17). The quantitative estimate of drug-likeness (QED) is 0.660. The second kappa shape index (κ2) is 8.69. The minimum absolute atomic E-state index is 0.764. The average molecular weight is 252 g/mol. The monoisotopic (exact) mass is 252 g/mol. The molecule has 5 nitrogen and oxygen atoms in total. The van der Waals surface area contributed by atoms with Gasteiger partial charge in [-0.15, -0.1) is 0 Å². The summed E-state index contributed by atoms with van der Waals surface area (Å²) < 4.78 is 5.02. The zero-order valence-electron chi connectivity index (χ0n) is 11.6. The number of nitrogens with zero attached hydrogens (tertiary/aromatic N) is 2. The van der Waals surface area contributed by atoms with Crippen molar-refractivity contribution >= 4 is 11.6 Å². The van der Waals surface area contributed by atoms with Gasteiger partial charge in [0.1, 0.15) is 17.5 Å². The Morgan fingerprint density at radius 3 is 2.50 bits per heavy atom. The SMILES string of the molecule is CCCc1nc(NCC)cc(NCCCOC)n1. The maximum Gasteiger partial charge on any atom is 0.133 e. The topological polar surface area (TPSA) is 59.1 Å². The van der Waals surface area contributed by atoms with Crippen LogP contribution in [-0.4, -0.2) is 36.8 Å². The third kappa shape index (κ3) is 5.31. The molecule has 0 amide bonds. The van der Waals surface area contributed by atoms with Gasteiger partial charge in [0.2, 0.25) is 0 Å². The Labute approximate surface area is 109 Å². The zero-order chi connectivity index (χ0) is 13.2. The summed E-state index contributed by atoms with van der Waals surface area (Å²) in [6.45, 7) is 6.69. The summed E-state index contributed by atoms with van der Waals surface area (Å²) in [5.41, 5.74) is 0. The third-order valence-electron chi connectivity index (χ3n) is 2.44. The molecule has 0 saturated heterocycles. The lowest BCUT2D eigenvalue weighted by Crippen LogP contribution is -2.10. The predicted octanol–water partition coefficient (Wildman–Crippen LogP) is 2.31. The summed E-state index contributed by atoms with van der Waals surface area (Å²) in [5.74, 6) is 2.68. The van der Waals surface area contributed by atoms with Crippen molar-refractivity contribution in [3.05, 3.63) is 11.9 Å². The fourth-order valence-corrected chi connectivity index (χ4v) is 1.63. The molecule has 1 heterocycles. The number of methoxy groups -OCH3 is 1. The molecule has 0 spiro atoms. The Hall–Kier alpha value is -1.36. The Kier molecular flexibility index (Phi) is 7.10. The molecule has 1 aromatic heterocycles. The largest absolute Gasteiger partial charge is 0.385 e. The van der Waals surface area contributed by atoms with E-state index in [1.165, 1.54) is 0 Å². The first kappa shape index (κ1) is 14.7. The zero-order valence-corrected chi connectivity index (χ0v) is 11.6. The molecule has 0 unspecified atom stereocenters. The Morgan fingerprint density at radius 2 is 1.89 bits per heavy atom. The molecule has 1 rings (SSSR count). The molecule has 0 aliphatic rings. The number of anilines is 2. The fraction of sp³-hybridized carbons (Fsp3) is 0.692. The number of nitrogens with one attached hydrogen (secondary N) is 2. The van der Waals surface area contributed by atoms with Gasteiger partial charge in [0.05, 0.1) is 0 Å². The number of hydrogen-bond donors (Lipinski definition) is 2. The van der Waals surface area contributed by atoms with Crippen LogP contribution in [-0.2, 0) is 11.2 Å². The second-order valence-electron chi connectivity index (χ2n) is 4.11. The van der Waals surface area contributed by atoms with Crippen LogP contribution >= 0.6 is 0 Å². The van der Waals surface area contributed by atoms with Crippen LogP contribution in [0.2, 0.25) is 0 Å². The molecule has 1 aromatic rings. The van der Waals surface area contributed by atoms with Gasteiger partial charge in [-0.1, -0.05) is 6.92 Å². The van der Waals surface area contributed by atoms with E-state index in [9.17, 15) is 0 Å². The van der Waals surface area contributed by atoms with Gasteiger partial charge in [-0.05, 0) is 19.8 Å². The molecule has 0 atom stereocenters. The Morgan fingerprint density at radius 1 is 1.17 bits per heavy atom. The van der Waals surface area contributed by atoms with Crippen molar-refractivity contribution < 1.29 is 4.74 Å². The van der Waals surface area contributed by atoms with Crippen LogP contribution in [0, 0.1) is 0 Å². The highest BCUT2D eigenvalue weighted by Crippen LogP contribution is 2.12. The summed E-state index contributed by atoms with van der Waals surface area (Å²) >= 11 is 0. The first-order valence-electron chi connectivity index (χ1n) is 6.64. The first-order valence-corrected chi connectivity index (χ1v) is 6.64. The van der Waals surface area contributed by atoms with Gasteiger partial charge < -0.3 is 15.4 Å². The van der Waals surface area contributed by atoms with Crippen LogP contribution in [0.1, 0.15) is 32.5 Å². The second-order valence-corrected chi connectivity index (χ2v) is 4.11. The molecule has 102 valence electrons. The molecule has 18 heavy (non-hydrogen) atoms. The van der Waals surface area contributed by atoms with Crippen molar-refractivity contribution in [3.8, 4) is 0 Å². The highest BCUT2D eigenvalue weighted by atomic mass is 16.5. The van der Waals surface area contributed by atoms with E-state index in [0.717, 1.165) is 56.4 Å². The fourth-order valence-electron chi connectivity index (χ4n) is 1.63.